The van der Waals surface area contributed by atoms with Gasteiger partial charge in [0.05, 0.1) is 4.92 Å². The van der Waals surface area contributed by atoms with Gasteiger partial charge in [-0.2, -0.15) is 13.2 Å². The molecule has 0 spiro atoms. The quantitative estimate of drug-likeness (QED) is 0.688. The summed E-state index contributed by atoms with van der Waals surface area (Å²) in [4.78, 5) is 11.5. The van der Waals surface area contributed by atoms with E-state index in [2.05, 4.69) is 0 Å². The van der Waals surface area contributed by atoms with Crippen molar-refractivity contribution >= 4 is 11.4 Å². The molecular weight excluding hydrogens is 287 g/mol. The third-order valence-corrected chi connectivity index (χ3v) is 3.81. The lowest BCUT2D eigenvalue weighted by Crippen LogP contribution is -2.28. The van der Waals surface area contributed by atoms with Crippen molar-refractivity contribution < 1.29 is 18.1 Å². The number of nitrogens with two attached hydrogens (primary N) is 1. The molecule has 0 aromatic heterocycles. The zero-order valence-electron chi connectivity index (χ0n) is 11.4. The molecule has 1 fully saturated rings. The second kappa shape index (κ2) is 5.51. The number of nitro benzene ring substituents is 1. The predicted molar refractivity (Wildman–Crippen MR) is 72.1 cm³/mol. The molecule has 0 amide bonds. The lowest BCUT2D eigenvalue weighted by Gasteiger charge is -2.24. The molecule has 0 aliphatic carbocycles. The Morgan fingerprint density at radius 2 is 2.14 bits per heavy atom. The van der Waals surface area contributed by atoms with Gasteiger partial charge in [-0.3, -0.25) is 10.1 Å². The molecule has 21 heavy (non-hydrogen) atoms. The number of rotatable bonds is 3. The van der Waals surface area contributed by atoms with E-state index in [4.69, 9.17) is 5.73 Å². The Morgan fingerprint density at radius 1 is 1.48 bits per heavy atom. The van der Waals surface area contributed by atoms with Crippen LogP contribution >= 0.6 is 0 Å². The van der Waals surface area contributed by atoms with Gasteiger partial charge in [-0.1, -0.05) is 0 Å². The first kappa shape index (κ1) is 15.6. The van der Waals surface area contributed by atoms with Gasteiger partial charge in [-0.25, -0.2) is 0 Å². The lowest BCUT2D eigenvalue weighted by molar-refractivity contribution is -0.388. The molecule has 2 rings (SSSR count). The van der Waals surface area contributed by atoms with Crippen LogP contribution in [0, 0.1) is 16.0 Å². The summed E-state index contributed by atoms with van der Waals surface area (Å²) in [5.41, 5.74) is 3.81. The highest BCUT2D eigenvalue weighted by atomic mass is 19.4. The number of nitro groups is 1. The summed E-state index contributed by atoms with van der Waals surface area (Å²) in [5, 5.41) is 10.7. The first-order valence-corrected chi connectivity index (χ1v) is 6.56. The van der Waals surface area contributed by atoms with Crippen LogP contribution in [0.2, 0.25) is 0 Å². The van der Waals surface area contributed by atoms with Crippen molar-refractivity contribution in [2.75, 3.05) is 18.0 Å². The molecule has 2 N–H and O–H groups in total. The Hall–Kier alpha value is -1.83. The molecule has 1 aliphatic rings. The number of halogens is 3. The van der Waals surface area contributed by atoms with Crippen molar-refractivity contribution in [2.24, 2.45) is 11.7 Å². The van der Waals surface area contributed by atoms with Crippen LogP contribution in [-0.2, 0) is 6.18 Å². The van der Waals surface area contributed by atoms with Gasteiger partial charge in [0.1, 0.15) is 5.56 Å². The topological polar surface area (TPSA) is 72.4 Å². The number of alkyl halides is 3. The van der Waals surface area contributed by atoms with E-state index >= 15 is 0 Å². The third kappa shape index (κ3) is 3.10. The molecule has 0 saturated carbocycles. The van der Waals surface area contributed by atoms with Crippen LogP contribution in [0.25, 0.3) is 0 Å². The summed E-state index contributed by atoms with van der Waals surface area (Å²) in [7, 11) is 0. The maximum Gasteiger partial charge on any atom is 0.423 e. The smallest absolute Gasteiger partial charge is 0.368 e. The fourth-order valence-corrected chi connectivity index (χ4v) is 2.76. The first-order valence-electron chi connectivity index (χ1n) is 6.56. The molecule has 0 bridgehead atoms. The van der Waals surface area contributed by atoms with Gasteiger partial charge in [0.15, 0.2) is 0 Å². The highest BCUT2D eigenvalue weighted by Gasteiger charge is 2.39. The minimum atomic E-state index is -4.76. The van der Waals surface area contributed by atoms with E-state index in [9.17, 15) is 23.3 Å². The Bertz CT molecular complexity index is 548. The van der Waals surface area contributed by atoms with Crippen LogP contribution in [-0.4, -0.2) is 24.1 Å². The fourth-order valence-electron chi connectivity index (χ4n) is 2.76. The van der Waals surface area contributed by atoms with Gasteiger partial charge in [-0.15, -0.1) is 0 Å². The molecule has 2 unspecified atom stereocenters. The van der Waals surface area contributed by atoms with Crippen molar-refractivity contribution in [3.05, 3.63) is 33.9 Å². The molecule has 1 aromatic carbocycles. The molecule has 1 aromatic rings. The molecule has 1 saturated heterocycles. The summed E-state index contributed by atoms with van der Waals surface area (Å²) in [6.07, 6.45) is -3.95. The number of benzene rings is 1. The minimum absolute atomic E-state index is 0.0566. The number of anilines is 1. The summed E-state index contributed by atoms with van der Waals surface area (Å²) < 4.78 is 38.9. The number of nitrogens with zero attached hydrogens (tertiary/aromatic N) is 2. The Labute approximate surface area is 119 Å². The zero-order chi connectivity index (χ0) is 15.8. The van der Waals surface area contributed by atoms with E-state index in [1.165, 1.54) is 6.07 Å². The normalized spacial score (nSPS) is 22.6. The van der Waals surface area contributed by atoms with Crippen molar-refractivity contribution in [3.63, 3.8) is 0 Å². The van der Waals surface area contributed by atoms with Gasteiger partial charge in [-0.05, 0) is 37.9 Å². The molecule has 1 aliphatic heterocycles. The van der Waals surface area contributed by atoms with Gasteiger partial charge < -0.3 is 10.6 Å². The average molecular weight is 303 g/mol. The summed E-state index contributed by atoms with van der Waals surface area (Å²) in [5.74, 6) is 0.226. The summed E-state index contributed by atoms with van der Waals surface area (Å²) >= 11 is 0. The zero-order valence-corrected chi connectivity index (χ0v) is 11.4. The van der Waals surface area contributed by atoms with E-state index in [0.717, 1.165) is 18.6 Å². The SMILES string of the molecule is CC1CC(CN)CN1c1ccc([N+](=O)[O-])c(C(F)(F)F)c1. The lowest BCUT2D eigenvalue weighted by atomic mass is 10.1. The summed E-state index contributed by atoms with van der Waals surface area (Å²) in [6.45, 7) is 2.94. The molecule has 1 heterocycles. The van der Waals surface area contributed by atoms with Gasteiger partial charge >= 0.3 is 6.18 Å². The van der Waals surface area contributed by atoms with Crippen LogP contribution in [0.15, 0.2) is 18.2 Å². The largest absolute Gasteiger partial charge is 0.423 e. The van der Waals surface area contributed by atoms with E-state index in [-0.39, 0.29) is 12.0 Å². The Morgan fingerprint density at radius 3 is 2.62 bits per heavy atom. The van der Waals surface area contributed by atoms with E-state index < -0.39 is 22.4 Å². The van der Waals surface area contributed by atoms with Crippen LogP contribution in [0.4, 0.5) is 24.5 Å². The van der Waals surface area contributed by atoms with E-state index in [0.29, 0.717) is 18.8 Å². The molecule has 0 radical (unpaired) electrons. The second-order valence-corrected chi connectivity index (χ2v) is 5.30. The first-order chi connectivity index (χ1) is 9.74. The number of hydrogen-bond donors (Lipinski definition) is 1. The molecule has 116 valence electrons. The van der Waals surface area contributed by atoms with Crippen molar-refractivity contribution in [2.45, 2.75) is 25.6 Å². The molecule has 2 atom stereocenters. The third-order valence-electron chi connectivity index (χ3n) is 3.81. The van der Waals surface area contributed by atoms with Gasteiger partial charge in [0.25, 0.3) is 5.69 Å². The second-order valence-electron chi connectivity index (χ2n) is 5.30. The highest BCUT2D eigenvalue weighted by molar-refractivity contribution is 5.57. The van der Waals surface area contributed by atoms with E-state index in [1.807, 2.05) is 11.8 Å². The predicted octanol–water partition coefficient (Wildman–Crippen LogP) is 2.79. The Kier molecular flexibility index (Phi) is 4.08. The van der Waals surface area contributed by atoms with Crippen LogP contribution in [0.3, 0.4) is 0 Å². The number of hydrogen-bond acceptors (Lipinski definition) is 4. The maximum absolute atomic E-state index is 13.0. The molecular formula is C13H16F3N3O2. The van der Waals surface area contributed by atoms with Crippen LogP contribution < -0.4 is 10.6 Å². The Balaban J connectivity index is 2.41. The standard InChI is InChI=1S/C13H16F3N3O2/c1-8-4-9(6-17)7-18(8)10-2-3-12(19(20)21)11(5-10)13(14,15)16/h2-3,5,8-9H,4,6-7,17H2,1H3. The fraction of sp³-hybridized carbons (Fsp3) is 0.538. The average Bonchev–Trinajstić information content (AvgIpc) is 2.78. The monoisotopic (exact) mass is 303 g/mol. The summed E-state index contributed by atoms with van der Waals surface area (Å²) in [6, 6.07) is 3.19. The van der Waals surface area contributed by atoms with Crippen molar-refractivity contribution in [3.8, 4) is 0 Å². The van der Waals surface area contributed by atoms with Crippen LogP contribution in [0.1, 0.15) is 18.9 Å². The van der Waals surface area contributed by atoms with Gasteiger partial charge in [0, 0.05) is 24.3 Å². The highest BCUT2D eigenvalue weighted by Crippen LogP contribution is 2.39. The van der Waals surface area contributed by atoms with Crippen molar-refractivity contribution in [1.82, 2.24) is 0 Å². The minimum Gasteiger partial charge on any atom is -0.368 e. The van der Waals surface area contributed by atoms with E-state index in [1.54, 1.807) is 0 Å². The molecule has 5 nitrogen and oxygen atoms in total. The van der Waals surface area contributed by atoms with Crippen LogP contribution in [0.5, 0.6) is 0 Å². The molecule has 8 heteroatoms. The van der Waals surface area contributed by atoms with Crippen molar-refractivity contribution in [1.29, 1.82) is 0 Å². The maximum atomic E-state index is 13.0. The van der Waals surface area contributed by atoms with Gasteiger partial charge in [0.2, 0.25) is 0 Å².